The monoisotopic (exact) mass is 287 g/mol. The zero-order chi connectivity index (χ0) is 13.9. The van der Waals surface area contributed by atoms with E-state index in [1.807, 2.05) is 6.92 Å². The summed E-state index contributed by atoms with van der Waals surface area (Å²) < 4.78 is 28.3. The number of hydrogen-bond donors (Lipinski definition) is 2. The lowest BCUT2D eigenvalue weighted by atomic mass is 10.4. The molecule has 0 amide bonds. The summed E-state index contributed by atoms with van der Waals surface area (Å²) in [5.74, 6) is 0.0514. The average molecular weight is 287 g/mol. The minimum Gasteiger partial charge on any atom is -0.381 e. The van der Waals surface area contributed by atoms with Crippen LogP contribution in [0.1, 0.15) is 19.8 Å². The van der Waals surface area contributed by atoms with Crippen molar-refractivity contribution in [1.82, 2.24) is 19.4 Å². The number of nitrogens with zero attached hydrogens (tertiary/aromatic N) is 3. The van der Waals surface area contributed by atoms with Gasteiger partial charge in [0, 0.05) is 25.8 Å². The second kappa shape index (κ2) is 5.89. The van der Waals surface area contributed by atoms with E-state index in [2.05, 4.69) is 14.7 Å². The first-order valence-corrected chi connectivity index (χ1v) is 8.06. The van der Waals surface area contributed by atoms with Crippen molar-refractivity contribution < 1.29 is 8.42 Å². The molecule has 1 aliphatic heterocycles. The summed E-state index contributed by atoms with van der Waals surface area (Å²) in [7, 11) is -3.56. The van der Waals surface area contributed by atoms with Gasteiger partial charge < -0.3 is 10.6 Å². The van der Waals surface area contributed by atoms with Gasteiger partial charge in [0.2, 0.25) is 10.0 Å². The number of nitrogens with one attached hydrogen (secondary N) is 1. The van der Waals surface area contributed by atoms with Gasteiger partial charge in [0.05, 0.1) is 0 Å². The predicted molar refractivity (Wildman–Crippen MR) is 73.2 cm³/mol. The topological polar surface area (TPSA) is 93.2 Å². The van der Waals surface area contributed by atoms with E-state index in [0.717, 1.165) is 19.6 Å². The van der Waals surface area contributed by atoms with Gasteiger partial charge in [-0.05, 0) is 32.9 Å². The molecule has 1 aromatic rings. The first-order chi connectivity index (χ1) is 9.03. The van der Waals surface area contributed by atoms with Crippen molar-refractivity contribution in [1.29, 1.82) is 0 Å². The molecule has 0 atom stereocenters. The van der Waals surface area contributed by atoms with Crippen LogP contribution in [0, 0.1) is 0 Å². The maximum atomic E-state index is 12.1. The fraction of sp³-hybridized carbons (Fsp3) is 0.727. The van der Waals surface area contributed by atoms with Crippen LogP contribution in [0.5, 0.6) is 0 Å². The molecule has 0 unspecified atom stereocenters. The molecule has 1 fully saturated rings. The second-order valence-electron chi connectivity index (χ2n) is 4.68. The number of anilines is 1. The van der Waals surface area contributed by atoms with Crippen LogP contribution < -0.4 is 10.5 Å². The van der Waals surface area contributed by atoms with Gasteiger partial charge in [0.1, 0.15) is 4.90 Å². The molecular formula is C11H21N5O2S. The number of rotatable bonds is 6. The Bertz CT molecular complexity index is 519. The van der Waals surface area contributed by atoms with Crippen LogP contribution >= 0.6 is 0 Å². The van der Waals surface area contributed by atoms with Gasteiger partial charge in [-0.3, -0.25) is 4.68 Å². The number of aromatic nitrogens is 2. The molecular weight excluding hydrogens is 266 g/mol. The fourth-order valence-electron chi connectivity index (χ4n) is 2.21. The van der Waals surface area contributed by atoms with Gasteiger partial charge in [-0.1, -0.05) is 0 Å². The Labute approximate surface area is 113 Å². The number of nitrogens with two attached hydrogens (primary N) is 1. The van der Waals surface area contributed by atoms with Gasteiger partial charge in [-0.15, -0.1) is 0 Å². The van der Waals surface area contributed by atoms with E-state index in [0.29, 0.717) is 13.1 Å². The number of nitrogen functional groups attached to an aromatic ring is 1. The van der Waals surface area contributed by atoms with Crippen molar-refractivity contribution in [2.75, 3.05) is 31.9 Å². The third-order valence-electron chi connectivity index (χ3n) is 3.29. The van der Waals surface area contributed by atoms with E-state index in [1.54, 1.807) is 0 Å². The number of sulfonamides is 1. The van der Waals surface area contributed by atoms with E-state index in [4.69, 9.17) is 5.73 Å². The molecule has 2 rings (SSSR count). The average Bonchev–Trinajstić information content (AvgIpc) is 2.98. The van der Waals surface area contributed by atoms with Crippen LogP contribution in [0.2, 0.25) is 0 Å². The maximum absolute atomic E-state index is 12.1. The largest absolute Gasteiger partial charge is 0.381 e. The van der Waals surface area contributed by atoms with E-state index >= 15 is 0 Å². The van der Waals surface area contributed by atoms with Crippen LogP contribution in [0.4, 0.5) is 5.82 Å². The van der Waals surface area contributed by atoms with Crippen LogP contribution in [-0.2, 0) is 16.6 Å². The minimum atomic E-state index is -3.56. The van der Waals surface area contributed by atoms with Gasteiger partial charge in [-0.2, -0.15) is 5.10 Å². The lowest BCUT2D eigenvalue weighted by molar-refractivity contribution is 0.344. The van der Waals surface area contributed by atoms with E-state index in [9.17, 15) is 8.42 Å². The van der Waals surface area contributed by atoms with Crippen LogP contribution in [0.15, 0.2) is 11.1 Å². The smallest absolute Gasteiger partial charge is 0.245 e. The van der Waals surface area contributed by atoms with E-state index < -0.39 is 10.0 Å². The summed E-state index contributed by atoms with van der Waals surface area (Å²) in [4.78, 5) is 2.32. The van der Waals surface area contributed by atoms with Gasteiger partial charge in [0.15, 0.2) is 5.82 Å². The number of aryl methyl sites for hydroxylation is 1. The molecule has 1 aliphatic rings. The summed E-state index contributed by atoms with van der Waals surface area (Å²) in [5, 5.41) is 3.95. The first-order valence-electron chi connectivity index (χ1n) is 6.58. The quantitative estimate of drug-likeness (QED) is 0.759. The highest BCUT2D eigenvalue weighted by Gasteiger charge is 2.21. The molecule has 0 saturated carbocycles. The standard InChI is InChI=1S/C11H21N5O2S/c1-2-16-9-10(11(12)14-16)19(17,18)13-5-8-15-6-3-4-7-15/h9,13H,2-8H2,1H3,(H2,12,14). The molecule has 0 spiro atoms. The molecule has 1 saturated heterocycles. The fourth-order valence-corrected chi connectivity index (χ4v) is 3.30. The molecule has 19 heavy (non-hydrogen) atoms. The minimum absolute atomic E-state index is 0.0514. The Morgan fingerprint density at radius 1 is 1.42 bits per heavy atom. The second-order valence-corrected chi connectivity index (χ2v) is 6.42. The van der Waals surface area contributed by atoms with Gasteiger partial charge >= 0.3 is 0 Å². The van der Waals surface area contributed by atoms with Gasteiger partial charge in [-0.25, -0.2) is 13.1 Å². The Kier molecular flexibility index (Phi) is 4.43. The van der Waals surface area contributed by atoms with Gasteiger partial charge in [0.25, 0.3) is 0 Å². The Hall–Kier alpha value is -1.12. The molecule has 7 nitrogen and oxygen atoms in total. The molecule has 0 aliphatic carbocycles. The van der Waals surface area contributed by atoms with Crippen molar-refractivity contribution in [3.63, 3.8) is 0 Å². The van der Waals surface area contributed by atoms with Crippen molar-refractivity contribution in [3.8, 4) is 0 Å². The van der Waals surface area contributed by atoms with Crippen molar-refractivity contribution in [2.45, 2.75) is 31.2 Å². The number of hydrogen-bond acceptors (Lipinski definition) is 5. The third kappa shape index (κ3) is 3.46. The van der Waals surface area contributed by atoms with Crippen molar-refractivity contribution in [3.05, 3.63) is 6.20 Å². The van der Waals surface area contributed by atoms with Crippen LogP contribution in [0.3, 0.4) is 0 Å². The summed E-state index contributed by atoms with van der Waals surface area (Å²) >= 11 is 0. The SMILES string of the molecule is CCn1cc(S(=O)(=O)NCCN2CCCC2)c(N)n1. The third-order valence-corrected chi connectivity index (χ3v) is 4.76. The highest BCUT2D eigenvalue weighted by molar-refractivity contribution is 7.89. The highest BCUT2D eigenvalue weighted by atomic mass is 32.2. The Morgan fingerprint density at radius 2 is 2.11 bits per heavy atom. The highest BCUT2D eigenvalue weighted by Crippen LogP contribution is 2.15. The Balaban J connectivity index is 1.95. The summed E-state index contributed by atoms with van der Waals surface area (Å²) in [6, 6.07) is 0. The molecule has 0 radical (unpaired) electrons. The van der Waals surface area contributed by atoms with E-state index in [1.165, 1.54) is 23.7 Å². The zero-order valence-electron chi connectivity index (χ0n) is 11.2. The summed E-state index contributed by atoms with van der Waals surface area (Å²) in [6.07, 6.45) is 3.86. The molecule has 0 bridgehead atoms. The van der Waals surface area contributed by atoms with E-state index in [-0.39, 0.29) is 10.7 Å². The van der Waals surface area contributed by atoms with Crippen molar-refractivity contribution >= 4 is 15.8 Å². The predicted octanol–water partition coefficient (Wildman–Crippen LogP) is -0.141. The Morgan fingerprint density at radius 3 is 2.68 bits per heavy atom. The molecule has 8 heteroatoms. The molecule has 2 heterocycles. The van der Waals surface area contributed by atoms with Crippen LogP contribution in [0.25, 0.3) is 0 Å². The first kappa shape index (κ1) is 14.3. The van der Waals surface area contributed by atoms with Crippen LogP contribution in [-0.4, -0.2) is 49.3 Å². The normalized spacial score (nSPS) is 17.1. The zero-order valence-corrected chi connectivity index (χ0v) is 12.0. The molecule has 1 aromatic heterocycles. The molecule has 0 aromatic carbocycles. The number of likely N-dealkylation sites (tertiary alicyclic amines) is 1. The lowest BCUT2D eigenvalue weighted by Crippen LogP contribution is -2.33. The molecule has 108 valence electrons. The summed E-state index contributed by atoms with van der Waals surface area (Å²) in [6.45, 7) is 5.71. The molecule has 3 N–H and O–H groups in total. The lowest BCUT2D eigenvalue weighted by Gasteiger charge is -2.14. The summed E-state index contributed by atoms with van der Waals surface area (Å²) in [5.41, 5.74) is 5.64. The maximum Gasteiger partial charge on any atom is 0.245 e. The van der Waals surface area contributed by atoms with Crippen molar-refractivity contribution in [2.24, 2.45) is 0 Å².